The maximum Gasteiger partial charge on any atom is 0.416 e. The van der Waals surface area contributed by atoms with Gasteiger partial charge >= 0.3 is 6.18 Å². The van der Waals surface area contributed by atoms with Crippen molar-refractivity contribution in [2.24, 2.45) is 5.92 Å². The van der Waals surface area contributed by atoms with Gasteiger partial charge in [-0.3, -0.25) is 0 Å². The molecule has 0 spiro atoms. The van der Waals surface area contributed by atoms with Crippen LogP contribution in [0.1, 0.15) is 50.3 Å². The highest BCUT2D eigenvalue weighted by Crippen LogP contribution is 2.35. The zero-order valence-corrected chi connectivity index (χ0v) is 11.3. The maximum absolute atomic E-state index is 12.5. The van der Waals surface area contributed by atoms with Gasteiger partial charge in [-0.2, -0.15) is 13.2 Å². The van der Waals surface area contributed by atoms with Crippen molar-refractivity contribution in [3.63, 3.8) is 0 Å². The van der Waals surface area contributed by atoms with Crippen LogP contribution in [0.15, 0.2) is 24.3 Å². The summed E-state index contributed by atoms with van der Waals surface area (Å²) in [6, 6.07) is 6.03. The molecule has 0 saturated heterocycles. The van der Waals surface area contributed by atoms with E-state index in [1.165, 1.54) is 12.8 Å². The van der Waals surface area contributed by atoms with E-state index in [2.05, 4.69) is 12.2 Å². The Hall–Kier alpha value is -1.03. The largest absolute Gasteiger partial charge is 0.416 e. The van der Waals surface area contributed by atoms with Crippen molar-refractivity contribution < 1.29 is 13.2 Å². The van der Waals surface area contributed by atoms with Gasteiger partial charge in [0.1, 0.15) is 0 Å². The van der Waals surface area contributed by atoms with E-state index in [1.54, 1.807) is 12.1 Å². The number of hydrogen-bond donors (Lipinski definition) is 1. The predicted octanol–water partition coefficient (Wildman–Crippen LogP) is 4.54. The van der Waals surface area contributed by atoms with Gasteiger partial charge in [0.2, 0.25) is 0 Å². The summed E-state index contributed by atoms with van der Waals surface area (Å²) in [6.07, 6.45) is -0.652. The molecule has 1 aliphatic carbocycles. The van der Waals surface area contributed by atoms with Crippen molar-refractivity contribution in [1.82, 2.24) is 5.32 Å². The Morgan fingerprint density at radius 2 is 1.79 bits per heavy atom. The van der Waals surface area contributed by atoms with Crippen molar-refractivity contribution >= 4 is 0 Å². The molecular weight excluding hydrogens is 251 g/mol. The molecule has 19 heavy (non-hydrogen) atoms. The van der Waals surface area contributed by atoms with Crippen LogP contribution in [0.4, 0.5) is 13.2 Å². The Labute approximate surface area is 112 Å². The number of rotatable bonds is 5. The van der Waals surface area contributed by atoms with Gasteiger partial charge in [0.15, 0.2) is 0 Å². The first-order chi connectivity index (χ1) is 8.91. The van der Waals surface area contributed by atoms with Crippen LogP contribution in [-0.2, 0) is 6.18 Å². The van der Waals surface area contributed by atoms with Crippen LogP contribution in [0, 0.1) is 5.92 Å². The Kier molecular flexibility index (Phi) is 4.19. The molecule has 4 heteroatoms. The third kappa shape index (κ3) is 3.72. The van der Waals surface area contributed by atoms with Crippen molar-refractivity contribution in [2.45, 2.75) is 51.4 Å². The monoisotopic (exact) mass is 271 g/mol. The molecule has 1 saturated carbocycles. The lowest BCUT2D eigenvalue weighted by Crippen LogP contribution is -2.32. The summed E-state index contributed by atoms with van der Waals surface area (Å²) in [7, 11) is 0. The third-order valence-corrected chi connectivity index (χ3v) is 3.83. The Morgan fingerprint density at radius 3 is 2.21 bits per heavy atom. The summed E-state index contributed by atoms with van der Waals surface area (Å²) in [5.41, 5.74) is 0.324. The quantitative estimate of drug-likeness (QED) is 0.828. The fourth-order valence-electron chi connectivity index (χ4n) is 2.46. The van der Waals surface area contributed by atoms with Crippen molar-refractivity contribution in [1.29, 1.82) is 0 Å². The van der Waals surface area contributed by atoms with E-state index in [1.807, 2.05) is 6.92 Å². The average Bonchev–Trinajstić information content (AvgIpc) is 3.19. The van der Waals surface area contributed by atoms with Crippen LogP contribution in [-0.4, -0.2) is 6.04 Å². The first-order valence-corrected chi connectivity index (χ1v) is 6.85. The van der Waals surface area contributed by atoms with Gasteiger partial charge in [0, 0.05) is 12.1 Å². The van der Waals surface area contributed by atoms with Crippen LogP contribution in [0.2, 0.25) is 0 Å². The number of benzene rings is 1. The Bertz CT molecular complexity index is 406. The van der Waals surface area contributed by atoms with Crippen molar-refractivity contribution in [3.05, 3.63) is 35.4 Å². The molecule has 0 aliphatic heterocycles. The standard InChI is InChI=1S/C15H20F3N/c1-3-14(12-4-5-12)19-10(2)11-6-8-13(9-7-11)15(16,17)18/h6-10,12,14,19H,3-5H2,1-2H3. The van der Waals surface area contributed by atoms with Crippen LogP contribution >= 0.6 is 0 Å². The molecule has 0 radical (unpaired) electrons. The lowest BCUT2D eigenvalue weighted by atomic mass is 10.0. The number of nitrogens with one attached hydrogen (secondary N) is 1. The van der Waals surface area contributed by atoms with Gasteiger partial charge in [-0.1, -0.05) is 19.1 Å². The molecule has 1 N–H and O–H groups in total. The highest BCUT2D eigenvalue weighted by molar-refractivity contribution is 5.26. The minimum absolute atomic E-state index is 0.0906. The van der Waals surface area contributed by atoms with E-state index in [0.29, 0.717) is 6.04 Å². The molecule has 1 aliphatic rings. The maximum atomic E-state index is 12.5. The molecule has 0 amide bonds. The van der Waals surface area contributed by atoms with E-state index in [9.17, 15) is 13.2 Å². The molecule has 1 aromatic carbocycles. The SMILES string of the molecule is CCC(NC(C)c1ccc(C(F)(F)F)cc1)C1CC1. The van der Waals surface area contributed by atoms with Gasteiger partial charge < -0.3 is 5.32 Å². The van der Waals surface area contributed by atoms with Gasteiger partial charge in [0.25, 0.3) is 0 Å². The summed E-state index contributed by atoms with van der Waals surface area (Å²) in [4.78, 5) is 0. The lowest BCUT2D eigenvalue weighted by Gasteiger charge is -2.22. The smallest absolute Gasteiger partial charge is 0.307 e. The molecule has 2 unspecified atom stereocenters. The average molecular weight is 271 g/mol. The van der Waals surface area contributed by atoms with Crippen molar-refractivity contribution in [2.75, 3.05) is 0 Å². The van der Waals surface area contributed by atoms with Gasteiger partial charge in [-0.25, -0.2) is 0 Å². The molecule has 1 fully saturated rings. The van der Waals surface area contributed by atoms with Crippen LogP contribution in [0.5, 0.6) is 0 Å². The topological polar surface area (TPSA) is 12.0 Å². The zero-order chi connectivity index (χ0) is 14.0. The molecule has 0 aromatic heterocycles. The molecular formula is C15H20F3N. The lowest BCUT2D eigenvalue weighted by molar-refractivity contribution is -0.137. The summed E-state index contributed by atoms with van der Waals surface area (Å²) in [6.45, 7) is 4.16. The van der Waals surface area contributed by atoms with E-state index < -0.39 is 11.7 Å². The molecule has 2 rings (SSSR count). The third-order valence-electron chi connectivity index (χ3n) is 3.83. The summed E-state index contributed by atoms with van der Waals surface area (Å²) >= 11 is 0. The van der Waals surface area contributed by atoms with E-state index in [0.717, 1.165) is 30.0 Å². The highest BCUT2D eigenvalue weighted by Gasteiger charge is 2.32. The summed E-state index contributed by atoms with van der Waals surface area (Å²) in [5.74, 6) is 0.752. The fraction of sp³-hybridized carbons (Fsp3) is 0.600. The second-order valence-corrected chi connectivity index (χ2v) is 5.36. The summed E-state index contributed by atoms with van der Waals surface area (Å²) < 4.78 is 37.5. The van der Waals surface area contributed by atoms with Crippen molar-refractivity contribution in [3.8, 4) is 0 Å². The van der Waals surface area contributed by atoms with E-state index >= 15 is 0 Å². The minimum Gasteiger partial charge on any atom is -0.307 e. The second kappa shape index (κ2) is 5.53. The molecule has 0 heterocycles. The molecule has 2 atom stereocenters. The second-order valence-electron chi connectivity index (χ2n) is 5.36. The number of alkyl halides is 3. The van der Waals surface area contributed by atoms with Crippen LogP contribution < -0.4 is 5.32 Å². The van der Waals surface area contributed by atoms with E-state index in [-0.39, 0.29) is 6.04 Å². The molecule has 1 nitrogen and oxygen atoms in total. The first-order valence-electron chi connectivity index (χ1n) is 6.85. The van der Waals surface area contributed by atoms with Crippen LogP contribution in [0.25, 0.3) is 0 Å². The predicted molar refractivity (Wildman–Crippen MR) is 69.8 cm³/mol. The summed E-state index contributed by atoms with van der Waals surface area (Å²) in [5, 5.41) is 3.52. The van der Waals surface area contributed by atoms with Crippen LogP contribution in [0.3, 0.4) is 0 Å². The fourth-order valence-corrected chi connectivity index (χ4v) is 2.46. The zero-order valence-electron chi connectivity index (χ0n) is 11.3. The number of hydrogen-bond acceptors (Lipinski definition) is 1. The molecule has 1 aromatic rings. The van der Waals surface area contributed by atoms with E-state index in [4.69, 9.17) is 0 Å². The molecule has 0 bridgehead atoms. The van der Waals surface area contributed by atoms with Gasteiger partial charge in [-0.05, 0) is 49.8 Å². The van der Waals surface area contributed by atoms with Gasteiger partial charge in [-0.15, -0.1) is 0 Å². The first kappa shape index (κ1) is 14.4. The minimum atomic E-state index is -4.25. The normalized spacial score (nSPS) is 19.2. The number of halogens is 3. The Balaban J connectivity index is 2.00. The van der Waals surface area contributed by atoms with Gasteiger partial charge in [0.05, 0.1) is 5.56 Å². The Morgan fingerprint density at radius 1 is 1.21 bits per heavy atom. The highest BCUT2D eigenvalue weighted by atomic mass is 19.4. The molecule has 106 valence electrons.